The minimum Gasteiger partial charge on any atom is -0.477 e. The molecule has 1 heterocycles. The van der Waals surface area contributed by atoms with E-state index in [0.717, 1.165) is 23.3 Å². The van der Waals surface area contributed by atoms with E-state index in [9.17, 15) is 4.79 Å². The average molecular weight is 246 g/mol. The van der Waals surface area contributed by atoms with Crippen LogP contribution >= 0.6 is 11.3 Å². The van der Waals surface area contributed by atoms with Crippen LogP contribution in [0.1, 0.15) is 28.6 Å². The van der Waals surface area contributed by atoms with Crippen molar-refractivity contribution in [3.63, 3.8) is 0 Å². The van der Waals surface area contributed by atoms with Gasteiger partial charge in [-0.25, -0.2) is 4.79 Å². The first-order chi connectivity index (χ1) is 8.20. The predicted octanol–water partition coefficient (Wildman–Crippen LogP) is 4.07. The van der Waals surface area contributed by atoms with Crippen molar-refractivity contribution in [1.82, 2.24) is 0 Å². The molecule has 2 nitrogen and oxygen atoms in total. The fourth-order valence-corrected chi connectivity index (χ4v) is 2.62. The zero-order chi connectivity index (χ0) is 12.3. The maximum atomic E-state index is 10.8. The van der Waals surface area contributed by atoms with E-state index in [4.69, 9.17) is 5.11 Å². The summed E-state index contributed by atoms with van der Waals surface area (Å²) < 4.78 is 0. The number of carboxylic acid groups (broad SMARTS) is 1. The Morgan fingerprint density at radius 1 is 1.29 bits per heavy atom. The molecular formula is C14H14O2S. The number of hydrogen-bond donors (Lipinski definition) is 1. The van der Waals surface area contributed by atoms with E-state index >= 15 is 0 Å². The number of carboxylic acids is 1. The second-order valence-corrected chi connectivity index (χ2v) is 5.00. The van der Waals surface area contributed by atoms with Gasteiger partial charge in [0.2, 0.25) is 0 Å². The number of carbonyl (C=O) groups is 1. The first kappa shape index (κ1) is 11.9. The molecule has 0 bridgehead atoms. The van der Waals surface area contributed by atoms with Crippen molar-refractivity contribution in [2.24, 2.45) is 0 Å². The lowest BCUT2D eigenvalue weighted by Gasteiger charge is -2.01. The molecular weight excluding hydrogens is 232 g/mol. The third kappa shape index (κ3) is 2.74. The summed E-state index contributed by atoms with van der Waals surface area (Å²) in [5, 5.41) is 8.89. The molecule has 0 unspecified atom stereocenters. The summed E-state index contributed by atoms with van der Waals surface area (Å²) >= 11 is 1.32. The van der Waals surface area contributed by atoms with Crippen LogP contribution in [0.25, 0.3) is 10.4 Å². The van der Waals surface area contributed by atoms with Crippen molar-refractivity contribution in [2.75, 3.05) is 0 Å². The highest BCUT2D eigenvalue weighted by Gasteiger charge is 2.08. The van der Waals surface area contributed by atoms with Gasteiger partial charge in [-0.3, -0.25) is 0 Å². The standard InChI is InChI=1S/C14H14O2S/c1-2-4-10-5-3-6-11(9-10)12-7-8-13(17-12)14(15)16/h3,5-9H,2,4H2,1H3,(H,15,16). The fourth-order valence-electron chi connectivity index (χ4n) is 1.78. The summed E-state index contributed by atoms with van der Waals surface area (Å²) in [5.74, 6) is -0.856. The minimum absolute atomic E-state index is 0.390. The molecule has 1 aromatic heterocycles. The largest absolute Gasteiger partial charge is 0.477 e. The van der Waals surface area contributed by atoms with Gasteiger partial charge in [-0.1, -0.05) is 37.6 Å². The zero-order valence-corrected chi connectivity index (χ0v) is 10.5. The maximum Gasteiger partial charge on any atom is 0.345 e. The molecule has 0 saturated carbocycles. The van der Waals surface area contributed by atoms with Gasteiger partial charge in [-0.15, -0.1) is 11.3 Å². The van der Waals surface area contributed by atoms with Gasteiger partial charge >= 0.3 is 5.97 Å². The van der Waals surface area contributed by atoms with Gasteiger partial charge in [-0.05, 0) is 29.7 Å². The van der Waals surface area contributed by atoms with Crippen LogP contribution in [0.15, 0.2) is 36.4 Å². The molecule has 1 aromatic carbocycles. The van der Waals surface area contributed by atoms with Crippen LogP contribution in [-0.4, -0.2) is 11.1 Å². The molecule has 17 heavy (non-hydrogen) atoms. The molecule has 2 aromatic rings. The lowest BCUT2D eigenvalue weighted by Crippen LogP contribution is -1.89. The molecule has 0 radical (unpaired) electrons. The Hall–Kier alpha value is -1.61. The highest BCUT2D eigenvalue weighted by Crippen LogP contribution is 2.28. The van der Waals surface area contributed by atoms with E-state index in [0.29, 0.717) is 4.88 Å². The highest BCUT2D eigenvalue weighted by atomic mass is 32.1. The number of aromatic carboxylic acids is 1. The van der Waals surface area contributed by atoms with Crippen molar-refractivity contribution < 1.29 is 9.90 Å². The second-order valence-electron chi connectivity index (χ2n) is 3.92. The molecule has 2 rings (SSSR count). The van der Waals surface area contributed by atoms with Gasteiger partial charge in [0, 0.05) is 4.88 Å². The molecule has 0 fully saturated rings. The molecule has 0 spiro atoms. The van der Waals surface area contributed by atoms with E-state index in [-0.39, 0.29) is 0 Å². The van der Waals surface area contributed by atoms with Crippen molar-refractivity contribution in [1.29, 1.82) is 0 Å². The number of rotatable bonds is 4. The molecule has 0 amide bonds. The summed E-state index contributed by atoms with van der Waals surface area (Å²) in [6.07, 6.45) is 2.18. The highest BCUT2D eigenvalue weighted by molar-refractivity contribution is 7.17. The van der Waals surface area contributed by atoms with Crippen molar-refractivity contribution in [3.05, 3.63) is 46.8 Å². The summed E-state index contributed by atoms with van der Waals surface area (Å²) in [5.41, 5.74) is 2.41. The summed E-state index contributed by atoms with van der Waals surface area (Å²) in [6.45, 7) is 2.15. The summed E-state index contributed by atoms with van der Waals surface area (Å²) in [4.78, 5) is 12.2. The van der Waals surface area contributed by atoms with E-state index in [2.05, 4.69) is 19.1 Å². The van der Waals surface area contributed by atoms with Crippen molar-refractivity contribution in [3.8, 4) is 10.4 Å². The molecule has 3 heteroatoms. The topological polar surface area (TPSA) is 37.3 Å². The van der Waals surface area contributed by atoms with Crippen LogP contribution in [0, 0.1) is 0 Å². The van der Waals surface area contributed by atoms with Crippen molar-refractivity contribution >= 4 is 17.3 Å². The second kappa shape index (κ2) is 5.15. The Labute approximate surface area is 105 Å². The average Bonchev–Trinajstić information content (AvgIpc) is 2.79. The van der Waals surface area contributed by atoms with Crippen LogP contribution in [0.5, 0.6) is 0 Å². The SMILES string of the molecule is CCCc1cccc(-c2ccc(C(=O)O)s2)c1. The van der Waals surface area contributed by atoms with Gasteiger partial charge in [0.25, 0.3) is 0 Å². The van der Waals surface area contributed by atoms with Gasteiger partial charge in [0.1, 0.15) is 4.88 Å². The van der Waals surface area contributed by atoms with E-state index < -0.39 is 5.97 Å². The lowest BCUT2D eigenvalue weighted by molar-refractivity contribution is 0.0702. The molecule has 88 valence electrons. The predicted molar refractivity (Wildman–Crippen MR) is 70.7 cm³/mol. The van der Waals surface area contributed by atoms with Crippen LogP contribution < -0.4 is 0 Å². The van der Waals surface area contributed by atoms with E-state index in [1.807, 2.05) is 18.2 Å². The number of hydrogen-bond acceptors (Lipinski definition) is 2. The van der Waals surface area contributed by atoms with Crippen LogP contribution in [0.2, 0.25) is 0 Å². The number of thiophene rings is 1. The van der Waals surface area contributed by atoms with E-state index in [1.165, 1.54) is 16.9 Å². The monoisotopic (exact) mass is 246 g/mol. The summed E-state index contributed by atoms with van der Waals surface area (Å²) in [7, 11) is 0. The van der Waals surface area contributed by atoms with Gasteiger partial charge in [0.05, 0.1) is 0 Å². The van der Waals surface area contributed by atoms with Crippen molar-refractivity contribution in [2.45, 2.75) is 19.8 Å². The Kier molecular flexibility index (Phi) is 3.59. The van der Waals surface area contributed by atoms with Crippen LogP contribution in [-0.2, 0) is 6.42 Å². The molecule has 0 aliphatic carbocycles. The first-order valence-electron chi connectivity index (χ1n) is 5.63. The lowest BCUT2D eigenvalue weighted by atomic mass is 10.1. The Bertz CT molecular complexity index is 529. The van der Waals surface area contributed by atoms with E-state index in [1.54, 1.807) is 6.07 Å². The first-order valence-corrected chi connectivity index (χ1v) is 6.45. The third-order valence-corrected chi connectivity index (χ3v) is 3.69. The number of aryl methyl sites for hydroxylation is 1. The quantitative estimate of drug-likeness (QED) is 0.883. The molecule has 1 N–H and O–H groups in total. The molecule has 0 atom stereocenters. The minimum atomic E-state index is -0.856. The maximum absolute atomic E-state index is 10.8. The zero-order valence-electron chi connectivity index (χ0n) is 9.64. The Morgan fingerprint density at radius 3 is 2.76 bits per heavy atom. The third-order valence-electron chi connectivity index (χ3n) is 2.57. The van der Waals surface area contributed by atoms with Crippen LogP contribution in [0.3, 0.4) is 0 Å². The fraction of sp³-hybridized carbons (Fsp3) is 0.214. The van der Waals surface area contributed by atoms with Gasteiger partial charge in [0.15, 0.2) is 0 Å². The normalized spacial score (nSPS) is 10.4. The van der Waals surface area contributed by atoms with Gasteiger partial charge in [-0.2, -0.15) is 0 Å². The van der Waals surface area contributed by atoms with Gasteiger partial charge < -0.3 is 5.11 Å². The molecule has 0 aliphatic heterocycles. The Morgan fingerprint density at radius 2 is 2.12 bits per heavy atom. The Balaban J connectivity index is 2.31. The number of benzene rings is 1. The van der Waals surface area contributed by atoms with Crippen LogP contribution in [0.4, 0.5) is 0 Å². The molecule has 0 aliphatic rings. The summed E-state index contributed by atoms with van der Waals surface area (Å²) in [6, 6.07) is 11.8. The molecule has 0 saturated heterocycles. The smallest absolute Gasteiger partial charge is 0.345 e.